The monoisotopic (exact) mass is 264 g/mol. The van der Waals surface area contributed by atoms with E-state index in [1.54, 1.807) is 24.3 Å². The molecule has 0 spiro atoms. The molecule has 2 N–H and O–H groups in total. The number of allylic oxidation sites excluding steroid dienone is 6. The van der Waals surface area contributed by atoms with Crippen molar-refractivity contribution < 1.29 is 72.6 Å². The van der Waals surface area contributed by atoms with Crippen LogP contribution < -0.4 is 51.4 Å². The zero-order chi connectivity index (χ0) is 12.8. The summed E-state index contributed by atoms with van der Waals surface area (Å²) in [7, 11) is 0. The van der Waals surface area contributed by atoms with Gasteiger partial charge in [-0.3, -0.25) is 0 Å². The van der Waals surface area contributed by atoms with E-state index < -0.39 is 11.9 Å². The summed E-state index contributed by atoms with van der Waals surface area (Å²) in [5.41, 5.74) is 0. The Balaban J connectivity index is -0.0000000980. The average molecular weight is 264 g/mol. The van der Waals surface area contributed by atoms with Crippen LogP contribution in [0.1, 0.15) is 15.3 Å². The van der Waals surface area contributed by atoms with Crippen molar-refractivity contribution in [2.24, 2.45) is 0 Å². The topological polar surface area (TPSA) is 74.6 Å². The first kappa shape index (κ1) is 21.8. The van der Waals surface area contributed by atoms with E-state index in [-0.39, 0.29) is 52.8 Å². The summed E-state index contributed by atoms with van der Waals surface area (Å²) in [5, 5.41) is 16.0. The van der Waals surface area contributed by atoms with Gasteiger partial charge >= 0.3 is 63.3 Å². The van der Waals surface area contributed by atoms with E-state index in [4.69, 9.17) is 10.2 Å². The Hall–Kier alpha value is -0.464. The van der Waals surface area contributed by atoms with Gasteiger partial charge in [0.1, 0.15) is 0 Å². The molecule has 0 aromatic carbocycles. The Labute approximate surface area is 145 Å². The Kier molecular flexibility index (Phi) is 23.0. The maximum atomic E-state index is 9.75. The van der Waals surface area contributed by atoms with Gasteiger partial charge in [-0.2, -0.15) is 0 Å². The van der Waals surface area contributed by atoms with Crippen molar-refractivity contribution in [2.45, 2.75) is 13.8 Å². The fourth-order valence-corrected chi connectivity index (χ4v) is 0.498. The minimum absolute atomic E-state index is 0. The molecule has 0 aliphatic rings. The SMILES string of the molecule is CC=CC=CC(=O)O.CC=CC=CC(=O)O.[H-].[K+]. The van der Waals surface area contributed by atoms with Crippen LogP contribution in [0.2, 0.25) is 0 Å². The molecule has 0 aromatic rings. The van der Waals surface area contributed by atoms with Crippen molar-refractivity contribution in [1.29, 1.82) is 0 Å². The third-order valence-corrected chi connectivity index (χ3v) is 1.08. The molecule has 90 valence electrons. The molecule has 4 nitrogen and oxygen atoms in total. The largest absolute Gasteiger partial charge is 1.00 e. The van der Waals surface area contributed by atoms with Gasteiger partial charge in [0.2, 0.25) is 0 Å². The standard InChI is InChI=1S/2C6H8O2.K.H/c2*1-2-3-4-5-6(7)8;;/h2*2-5H,1H3,(H,7,8);;/q;;+1;-1. The molecule has 0 bridgehead atoms. The van der Waals surface area contributed by atoms with E-state index in [9.17, 15) is 9.59 Å². The smallest absolute Gasteiger partial charge is 1.00 e. The number of hydrogen-bond donors (Lipinski definition) is 2. The summed E-state index contributed by atoms with van der Waals surface area (Å²) in [6, 6.07) is 0. The predicted octanol–water partition coefficient (Wildman–Crippen LogP) is -0.477. The molecule has 0 heterocycles. The van der Waals surface area contributed by atoms with E-state index >= 15 is 0 Å². The molecule has 5 heteroatoms. The molecular formula is C12H17KO4. The van der Waals surface area contributed by atoms with Gasteiger partial charge in [0.25, 0.3) is 0 Å². The number of aliphatic carboxylic acids is 2. The van der Waals surface area contributed by atoms with E-state index in [0.29, 0.717) is 0 Å². The van der Waals surface area contributed by atoms with Gasteiger partial charge in [-0.1, -0.05) is 36.5 Å². The van der Waals surface area contributed by atoms with E-state index in [0.717, 1.165) is 12.2 Å². The first-order valence-corrected chi connectivity index (χ1v) is 4.59. The summed E-state index contributed by atoms with van der Waals surface area (Å²) in [6.45, 7) is 3.65. The summed E-state index contributed by atoms with van der Waals surface area (Å²) >= 11 is 0. The molecule has 0 aliphatic heterocycles. The second kappa shape index (κ2) is 17.9. The summed E-state index contributed by atoms with van der Waals surface area (Å²) < 4.78 is 0. The number of hydrogen-bond acceptors (Lipinski definition) is 2. The molecule has 17 heavy (non-hydrogen) atoms. The van der Waals surface area contributed by atoms with Gasteiger partial charge < -0.3 is 11.6 Å². The average Bonchev–Trinajstić information content (AvgIpc) is 2.18. The van der Waals surface area contributed by atoms with Crippen LogP contribution in [-0.4, -0.2) is 22.2 Å². The third kappa shape index (κ3) is 31.3. The second-order valence-electron chi connectivity index (χ2n) is 2.45. The molecule has 0 fully saturated rings. The molecule has 0 rings (SSSR count). The molecule has 0 saturated heterocycles. The van der Waals surface area contributed by atoms with Gasteiger partial charge in [0.15, 0.2) is 0 Å². The van der Waals surface area contributed by atoms with Gasteiger partial charge in [0, 0.05) is 12.2 Å². The van der Waals surface area contributed by atoms with Crippen molar-refractivity contribution in [3.63, 3.8) is 0 Å². The van der Waals surface area contributed by atoms with Crippen molar-refractivity contribution in [1.82, 2.24) is 0 Å². The molecule has 0 amide bonds. The minimum atomic E-state index is -0.914. The number of carboxylic acid groups (broad SMARTS) is 2. The second-order valence-corrected chi connectivity index (χ2v) is 2.45. The maximum absolute atomic E-state index is 9.75. The fraction of sp³-hybridized carbons (Fsp3) is 0.167. The van der Waals surface area contributed by atoms with Crippen molar-refractivity contribution >= 4 is 11.9 Å². The molecule has 0 atom stereocenters. The van der Waals surface area contributed by atoms with Crippen LogP contribution in [0.25, 0.3) is 0 Å². The van der Waals surface area contributed by atoms with Crippen molar-refractivity contribution in [3.8, 4) is 0 Å². The third-order valence-electron chi connectivity index (χ3n) is 1.08. The van der Waals surface area contributed by atoms with Crippen molar-refractivity contribution in [2.75, 3.05) is 0 Å². The summed E-state index contributed by atoms with van der Waals surface area (Å²) in [4.78, 5) is 19.5. The normalized spacial score (nSPS) is 10.5. The van der Waals surface area contributed by atoms with Gasteiger partial charge in [0.05, 0.1) is 0 Å². The Bertz CT molecular complexity index is 288. The maximum Gasteiger partial charge on any atom is 1.00 e. The quantitative estimate of drug-likeness (QED) is 0.409. The van der Waals surface area contributed by atoms with Crippen LogP contribution in [0.4, 0.5) is 0 Å². The van der Waals surface area contributed by atoms with Crippen molar-refractivity contribution in [3.05, 3.63) is 48.6 Å². The molecule has 0 aromatic heterocycles. The van der Waals surface area contributed by atoms with Gasteiger partial charge in [-0.05, 0) is 13.8 Å². The van der Waals surface area contributed by atoms with E-state index in [1.165, 1.54) is 12.2 Å². The Morgan fingerprint density at radius 2 is 1.12 bits per heavy atom. The Morgan fingerprint density at radius 1 is 0.824 bits per heavy atom. The van der Waals surface area contributed by atoms with Crippen LogP contribution >= 0.6 is 0 Å². The first-order chi connectivity index (χ1) is 7.54. The fourth-order valence-electron chi connectivity index (χ4n) is 0.498. The Morgan fingerprint density at radius 3 is 1.29 bits per heavy atom. The molecule has 0 unspecified atom stereocenters. The number of rotatable bonds is 4. The van der Waals surface area contributed by atoms with Crippen LogP contribution in [0.3, 0.4) is 0 Å². The molecule has 0 saturated carbocycles. The van der Waals surface area contributed by atoms with Crippen LogP contribution in [-0.2, 0) is 9.59 Å². The van der Waals surface area contributed by atoms with Crippen LogP contribution in [0.15, 0.2) is 48.6 Å². The molecule has 0 aliphatic carbocycles. The first-order valence-electron chi connectivity index (χ1n) is 4.59. The van der Waals surface area contributed by atoms with E-state index in [2.05, 4.69) is 0 Å². The van der Waals surface area contributed by atoms with Gasteiger partial charge in [-0.25, -0.2) is 9.59 Å². The van der Waals surface area contributed by atoms with Gasteiger partial charge in [-0.15, -0.1) is 0 Å². The zero-order valence-electron chi connectivity index (χ0n) is 11.3. The summed E-state index contributed by atoms with van der Waals surface area (Å²) in [6.07, 6.45) is 12.0. The minimum Gasteiger partial charge on any atom is -1.00 e. The summed E-state index contributed by atoms with van der Waals surface area (Å²) in [5.74, 6) is -1.83. The predicted molar refractivity (Wildman–Crippen MR) is 64.3 cm³/mol. The molecule has 0 radical (unpaired) electrons. The number of carbonyl (C=O) groups is 2. The number of carboxylic acids is 2. The van der Waals surface area contributed by atoms with E-state index in [1.807, 2.05) is 13.8 Å². The zero-order valence-corrected chi connectivity index (χ0v) is 13.5. The molecular weight excluding hydrogens is 247 g/mol. The van der Waals surface area contributed by atoms with Crippen LogP contribution in [0.5, 0.6) is 0 Å². The van der Waals surface area contributed by atoms with Crippen LogP contribution in [0, 0.1) is 0 Å².